The van der Waals surface area contributed by atoms with Crippen molar-refractivity contribution >= 4 is 28.4 Å². The van der Waals surface area contributed by atoms with Gasteiger partial charge in [-0.15, -0.1) is 0 Å². The van der Waals surface area contributed by atoms with Crippen LogP contribution < -0.4 is 5.32 Å². The lowest BCUT2D eigenvalue weighted by atomic mass is 10.1. The van der Waals surface area contributed by atoms with Crippen molar-refractivity contribution in [3.8, 4) is 0 Å². The molecule has 5 heteroatoms. The third kappa shape index (κ3) is 3.01. The van der Waals surface area contributed by atoms with Gasteiger partial charge in [-0.25, -0.2) is 4.98 Å². The highest BCUT2D eigenvalue weighted by Crippen LogP contribution is 2.16. The summed E-state index contributed by atoms with van der Waals surface area (Å²) in [4.78, 5) is 20.3. The molecule has 3 aromatic rings. The fourth-order valence-corrected chi connectivity index (χ4v) is 2.31. The molecule has 0 aliphatic rings. The van der Waals surface area contributed by atoms with Gasteiger partial charge >= 0.3 is 0 Å². The van der Waals surface area contributed by atoms with E-state index in [2.05, 4.69) is 15.3 Å². The van der Waals surface area contributed by atoms with E-state index in [4.69, 9.17) is 11.6 Å². The second kappa shape index (κ2) is 5.89. The van der Waals surface area contributed by atoms with Crippen LogP contribution in [0.3, 0.4) is 0 Å². The van der Waals surface area contributed by atoms with Crippen LogP contribution in [0.4, 0.5) is 0 Å². The Morgan fingerprint density at radius 2 is 1.95 bits per heavy atom. The Labute approximate surface area is 126 Å². The molecule has 2 aromatic heterocycles. The Hall–Kier alpha value is -2.46. The van der Waals surface area contributed by atoms with Crippen molar-refractivity contribution in [2.45, 2.75) is 6.54 Å². The lowest BCUT2D eigenvalue weighted by Gasteiger charge is -2.08. The highest BCUT2D eigenvalue weighted by Gasteiger charge is 2.07. The minimum Gasteiger partial charge on any atom is -0.348 e. The van der Waals surface area contributed by atoms with E-state index in [1.54, 1.807) is 12.3 Å². The van der Waals surface area contributed by atoms with Crippen LogP contribution in [0.5, 0.6) is 0 Å². The number of rotatable bonds is 3. The monoisotopic (exact) mass is 297 g/mol. The lowest BCUT2D eigenvalue weighted by molar-refractivity contribution is 0.0951. The molecule has 4 nitrogen and oxygen atoms in total. The van der Waals surface area contributed by atoms with Gasteiger partial charge in [0.25, 0.3) is 5.91 Å². The average Bonchev–Trinajstić information content (AvgIpc) is 2.52. The van der Waals surface area contributed by atoms with Gasteiger partial charge in [-0.3, -0.25) is 9.78 Å². The van der Waals surface area contributed by atoms with Crippen molar-refractivity contribution in [3.05, 3.63) is 71.1 Å². The van der Waals surface area contributed by atoms with Gasteiger partial charge in [-0.05, 0) is 23.8 Å². The fourth-order valence-electron chi connectivity index (χ4n) is 2.13. The Morgan fingerprint density at radius 3 is 2.81 bits per heavy atom. The van der Waals surface area contributed by atoms with Gasteiger partial charge in [0.05, 0.1) is 5.52 Å². The first kappa shape index (κ1) is 13.5. The first-order valence-electron chi connectivity index (χ1n) is 6.46. The molecule has 104 valence electrons. The van der Waals surface area contributed by atoms with Gasteiger partial charge in [0.1, 0.15) is 5.15 Å². The first-order chi connectivity index (χ1) is 10.2. The summed E-state index contributed by atoms with van der Waals surface area (Å²) in [6.07, 6.45) is 3.26. The van der Waals surface area contributed by atoms with Crippen molar-refractivity contribution < 1.29 is 4.79 Å². The molecule has 0 bridgehead atoms. The number of para-hydroxylation sites is 1. The quantitative estimate of drug-likeness (QED) is 0.755. The van der Waals surface area contributed by atoms with Crippen molar-refractivity contribution in [2.24, 2.45) is 0 Å². The second-order valence-corrected chi connectivity index (χ2v) is 4.93. The summed E-state index contributed by atoms with van der Waals surface area (Å²) in [6.45, 7) is 0.410. The van der Waals surface area contributed by atoms with Crippen molar-refractivity contribution in [3.63, 3.8) is 0 Å². The maximum atomic E-state index is 12.1. The summed E-state index contributed by atoms with van der Waals surface area (Å²) in [5.74, 6) is -0.188. The SMILES string of the molecule is O=C(NCc1cccc2cccnc12)c1ccnc(Cl)c1. The van der Waals surface area contributed by atoms with Crippen LogP contribution in [0, 0.1) is 0 Å². The zero-order chi connectivity index (χ0) is 14.7. The van der Waals surface area contributed by atoms with Crippen molar-refractivity contribution in [1.82, 2.24) is 15.3 Å². The van der Waals surface area contributed by atoms with Crippen LogP contribution in [-0.4, -0.2) is 15.9 Å². The zero-order valence-corrected chi connectivity index (χ0v) is 11.8. The molecule has 0 aliphatic carbocycles. The van der Waals surface area contributed by atoms with Gasteiger partial charge < -0.3 is 5.32 Å². The molecule has 0 radical (unpaired) electrons. The minimum atomic E-state index is -0.188. The number of halogens is 1. The smallest absolute Gasteiger partial charge is 0.251 e. The first-order valence-corrected chi connectivity index (χ1v) is 6.84. The molecule has 1 aromatic carbocycles. The molecule has 0 spiro atoms. The number of amides is 1. The maximum absolute atomic E-state index is 12.1. The summed E-state index contributed by atoms with van der Waals surface area (Å²) >= 11 is 5.78. The summed E-state index contributed by atoms with van der Waals surface area (Å²) in [5, 5.41) is 4.22. The molecule has 0 fully saturated rings. The van der Waals surface area contributed by atoms with E-state index < -0.39 is 0 Å². The second-order valence-electron chi connectivity index (χ2n) is 4.54. The molecule has 0 aliphatic heterocycles. The number of pyridine rings is 2. The lowest BCUT2D eigenvalue weighted by Crippen LogP contribution is -2.23. The van der Waals surface area contributed by atoms with Gasteiger partial charge in [0.15, 0.2) is 0 Å². The topological polar surface area (TPSA) is 54.9 Å². The average molecular weight is 298 g/mol. The maximum Gasteiger partial charge on any atom is 0.251 e. The van der Waals surface area contributed by atoms with E-state index >= 15 is 0 Å². The standard InChI is InChI=1S/C16H12ClN3O/c17-14-9-12(6-8-18-14)16(21)20-10-13-4-1-3-11-5-2-7-19-15(11)13/h1-9H,10H2,(H,20,21). The van der Waals surface area contributed by atoms with Gasteiger partial charge in [0.2, 0.25) is 0 Å². The number of aromatic nitrogens is 2. The zero-order valence-electron chi connectivity index (χ0n) is 11.1. The van der Waals surface area contributed by atoms with Gasteiger partial charge in [-0.1, -0.05) is 35.9 Å². The third-order valence-corrected chi connectivity index (χ3v) is 3.35. The number of hydrogen-bond acceptors (Lipinski definition) is 3. The highest BCUT2D eigenvalue weighted by atomic mass is 35.5. The molecule has 2 heterocycles. The predicted octanol–water partition coefficient (Wildman–Crippen LogP) is 3.21. The normalized spacial score (nSPS) is 10.5. The summed E-state index contributed by atoms with van der Waals surface area (Å²) in [5.41, 5.74) is 2.36. The van der Waals surface area contributed by atoms with E-state index in [-0.39, 0.29) is 5.91 Å². The Morgan fingerprint density at radius 1 is 1.10 bits per heavy atom. The van der Waals surface area contributed by atoms with Gasteiger partial charge in [0, 0.05) is 29.9 Å². The summed E-state index contributed by atoms with van der Waals surface area (Å²) in [7, 11) is 0. The molecule has 0 unspecified atom stereocenters. The Balaban J connectivity index is 1.79. The molecular weight excluding hydrogens is 286 g/mol. The van der Waals surface area contributed by atoms with Crippen LogP contribution in [-0.2, 0) is 6.54 Å². The number of carbonyl (C=O) groups is 1. The summed E-state index contributed by atoms with van der Waals surface area (Å²) in [6, 6.07) is 13.0. The van der Waals surface area contributed by atoms with Crippen LogP contribution >= 0.6 is 11.6 Å². The molecule has 0 saturated heterocycles. The van der Waals surface area contributed by atoms with E-state index in [1.165, 1.54) is 12.3 Å². The molecule has 1 amide bonds. The van der Waals surface area contributed by atoms with Crippen LogP contribution in [0.2, 0.25) is 5.15 Å². The van der Waals surface area contributed by atoms with E-state index in [0.717, 1.165) is 16.5 Å². The molecule has 0 atom stereocenters. The van der Waals surface area contributed by atoms with Gasteiger partial charge in [-0.2, -0.15) is 0 Å². The van der Waals surface area contributed by atoms with Crippen molar-refractivity contribution in [2.75, 3.05) is 0 Å². The molecule has 0 saturated carbocycles. The largest absolute Gasteiger partial charge is 0.348 e. The number of nitrogens with one attached hydrogen (secondary N) is 1. The van der Waals surface area contributed by atoms with Crippen LogP contribution in [0.1, 0.15) is 15.9 Å². The number of benzene rings is 1. The summed E-state index contributed by atoms with van der Waals surface area (Å²) < 4.78 is 0. The Kier molecular flexibility index (Phi) is 3.79. The molecule has 1 N–H and O–H groups in total. The van der Waals surface area contributed by atoms with E-state index in [9.17, 15) is 4.79 Å². The van der Waals surface area contributed by atoms with Crippen LogP contribution in [0.25, 0.3) is 10.9 Å². The number of nitrogens with zero attached hydrogens (tertiary/aromatic N) is 2. The number of fused-ring (bicyclic) bond motifs is 1. The minimum absolute atomic E-state index is 0.188. The third-order valence-electron chi connectivity index (χ3n) is 3.14. The van der Waals surface area contributed by atoms with E-state index in [0.29, 0.717) is 17.3 Å². The van der Waals surface area contributed by atoms with Crippen LogP contribution in [0.15, 0.2) is 54.9 Å². The number of hydrogen-bond donors (Lipinski definition) is 1. The predicted molar refractivity (Wildman–Crippen MR) is 82.2 cm³/mol. The molecule has 3 rings (SSSR count). The number of carbonyl (C=O) groups excluding carboxylic acids is 1. The Bertz CT molecular complexity index is 799. The van der Waals surface area contributed by atoms with E-state index in [1.807, 2.05) is 30.3 Å². The highest BCUT2D eigenvalue weighted by molar-refractivity contribution is 6.29. The fraction of sp³-hybridized carbons (Fsp3) is 0.0625. The molecular formula is C16H12ClN3O. The van der Waals surface area contributed by atoms with Crippen molar-refractivity contribution in [1.29, 1.82) is 0 Å². The molecule has 21 heavy (non-hydrogen) atoms.